The lowest BCUT2D eigenvalue weighted by molar-refractivity contribution is -0.889. The number of carboxylic acids is 1. The van der Waals surface area contributed by atoms with Crippen molar-refractivity contribution in [2.45, 2.75) is 212 Å². The third-order valence-corrected chi connectivity index (χ3v) is 10.1. The van der Waals surface area contributed by atoms with Crippen molar-refractivity contribution in [1.82, 2.24) is 0 Å². The minimum atomic E-state index is -1.12. The van der Waals surface area contributed by atoms with Gasteiger partial charge in [-0.05, 0) is 44.9 Å². The molecule has 316 valence electrons. The van der Waals surface area contributed by atoms with Crippen LogP contribution in [0.4, 0.5) is 0 Å². The third kappa shape index (κ3) is 35.5. The quantitative estimate of drug-likeness (QED) is 0.0265. The number of carbonyl (C=O) groups excluding carboxylic acids is 3. The van der Waals surface area contributed by atoms with E-state index in [0.29, 0.717) is 12.8 Å². The molecule has 0 aromatic rings. The maximum absolute atomic E-state index is 12.7. The highest BCUT2D eigenvalue weighted by Gasteiger charge is 2.25. The molecule has 0 saturated carbocycles. The van der Waals surface area contributed by atoms with Gasteiger partial charge in [0.15, 0.2) is 6.10 Å². The summed E-state index contributed by atoms with van der Waals surface area (Å²) in [5.74, 6) is -1.73. The van der Waals surface area contributed by atoms with Crippen LogP contribution in [0.25, 0.3) is 0 Å². The maximum Gasteiger partial charge on any atom is 0.306 e. The molecule has 0 N–H and O–H groups in total. The predicted molar refractivity (Wildman–Crippen MR) is 222 cm³/mol. The van der Waals surface area contributed by atoms with Crippen molar-refractivity contribution in [3.05, 3.63) is 24.3 Å². The summed E-state index contributed by atoms with van der Waals surface area (Å²) in [7, 11) is 5.41. The second kappa shape index (κ2) is 37.7. The first kappa shape index (κ1) is 51.8. The molecule has 0 aromatic carbocycles. The van der Waals surface area contributed by atoms with Crippen LogP contribution < -0.4 is 5.11 Å². The molecular weight excluding hydrogens is 679 g/mol. The van der Waals surface area contributed by atoms with Crippen LogP contribution in [-0.2, 0) is 28.6 Å². The second-order valence-corrected chi connectivity index (χ2v) is 16.3. The summed E-state index contributed by atoms with van der Waals surface area (Å²) < 4.78 is 17.2. The van der Waals surface area contributed by atoms with Crippen molar-refractivity contribution in [3.8, 4) is 0 Å². The second-order valence-electron chi connectivity index (χ2n) is 16.3. The molecule has 0 spiro atoms. The normalized spacial score (nSPS) is 13.1. The van der Waals surface area contributed by atoms with E-state index in [4.69, 9.17) is 14.2 Å². The number of esters is 2. The monoisotopic (exact) mass is 764 g/mol. The van der Waals surface area contributed by atoms with Gasteiger partial charge in [0.25, 0.3) is 0 Å². The van der Waals surface area contributed by atoms with Crippen LogP contribution in [0.1, 0.15) is 200 Å². The standard InChI is InChI=1S/C46H85NO7/c1-6-8-10-12-14-16-18-19-20-21-22-23-24-25-27-29-31-33-35-37-45(49)54-42(40-52-39-38-43(46(50)51)47(3,4)5)41-53-44(48)36-34-32-30-28-26-17-15-13-11-9-7-2/h14,16,19-20,42-43H,6-13,15,17-18,21-41H2,1-5H3/b16-14-,20-19-. The number of hydrogen-bond acceptors (Lipinski definition) is 7. The number of carboxylic acid groups (broad SMARTS) is 1. The molecule has 0 aromatic heterocycles. The summed E-state index contributed by atoms with van der Waals surface area (Å²) in [6.45, 7) is 4.64. The molecule has 0 radical (unpaired) electrons. The van der Waals surface area contributed by atoms with Crippen LogP contribution in [0.15, 0.2) is 24.3 Å². The van der Waals surface area contributed by atoms with Crippen LogP contribution in [0.2, 0.25) is 0 Å². The maximum atomic E-state index is 12.7. The van der Waals surface area contributed by atoms with Crippen LogP contribution in [0.3, 0.4) is 0 Å². The van der Waals surface area contributed by atoms with Crippen LogP contribution in [0, 0.1) is 0 Å². The number of unbranched alkanes of at least 4 members (excludes halogenated alkanes) is 22. The predicted octanol–water partition coefficient (Wildman–Crippen LogP) is 10.7. The van der Waals surface area contributed by atoms with Gasteiger partial charge in [0.2, 0.25) is 0 Å². The lowest BCUT2D eigenvalue weighted by Gasteiger charge is -2.34. The molecule has 0 aliphatic heterocycles. The van der Waals surface area contributed by atoms with E-state index in [-0.39, 0.29) is 42.7 Å². The molecule has 54 heavy (non-hydrogen) atoms. The number of hydrogen-bond donors (Lipinski definition) is 0. The lowest BCUT2D eigenvalue weighted by Crippen LogP contribution is -2.55. The SMILES string of the molecule is CCCCC/C=C\C/C=C\CCCCCCCCCCCC(=O)OC(COCCC(C(=O)[O-])[N+](C)(C)C)COC(=O)CCCCCCCCCCCCC. The third-order valence-electron chi connectivity index (χ3n) is 10.1. The number of nitrogens with zero attached hydrogens (tertiary/aromatic N) is 1. The number of allylic oxidation sites excluding steroid dienone is 4. The number of rotatable bonds is 40. The highest BCUT2D eigenvalue weighted by Crippen LogP contribution is 2.15. The molecule has 2 atom stereocenters. The Hall–Kier alpha value is -2.19. The molecule has 2 unspecified atom stereocenters. The van der Waals surface area contributed by atoms with Gasteiger partial charge >= 0.3 is 11.9 Å². The van der Waals surface area contributed by atoms with Crippen molar-refractivity contribution < 1.29 is 38.2 Å². The number of ether oxygens (including phenoxy) is 3. The van der Waals surface area contributed by atoms with E-state index in [9.17, 15) is 19.5 Å². The zero-order valence-electron chi connectivity index (χ0n) is 35.9. The summed E-state index contributed by atoms with van der Waals surface area (Å²) in [5.41, 5.74) is 0. The number of quaternary nitrogens is 1. The van der Waals surface area contributed by atoms with Gasteiger partial charge in [-0.3, -0.25) is 9.59 Å². The van der Waals surface area contributed by atoms with Crippen LogP contribution >= 0.6 is 0 Å². The summed E-state index contributed by atoms with van der Waals surface area (Å²) in [6.07, 6.45) is 40.5. The van der Waals surface area contributed by atoms with Crippen molar-refractivity contribution in [2.24, 2.45) is 0 Å². The number of aliphatic carboxylic acids is 1. The van der Waals surface area contributed by atoms with Crippen LogP contribution in [-0.4, -0.2) is 75.5 Å². The fourth-order valence-electron chi connectivity index (χ4n) is 6.57. The average molecular weight is 764 g/mol. The van der Waals surface area contributed by atoms with Crippen molar-refractivity contribution in [1.29, 1.82) is 0 Å². The Balaban J connectivity index is 4.29. The Morgan fingerprint density at radius 1 is 0.556 bits per heavy atom. The van der Waals surface area contributed by atoms with Gasteiger partial charge in [0.05, 0.1) is 40.3 Å². The average Bonchev–Trinajstić information content (AvgIpc) is 3.12. The van der Waals surface area contributed by atoms with Gasteiger partial charge in [-0.25, -0.2) is 0 Å². The van der Waals surface area contributed by atoms with E-state index >= 15 is 0 Å². The fraction of sp³-hybridized carbons (Fsp3) is 0.848. The Labute approximate surface area is 332 Å². The van der Waals surface area contributed by atoms with Crippen molar-refractivity contribution >= 4 is 17.9 Å². The Morgan fingerprint density at radius 2 is 0.981 bits per heavy atom. The van der Waals surface area contributed by atoms with Gasteiger partial charge in [-0.1, -0.05) is 160 Å². The fourth-order valence-corrected chi connectivity index (χ4v) is 6.57. The molecule has 0 rings (SSSR count). The van der Waals surface area contributed by atoms with E-state index in [0.717, 1.165) is 44.9 Å². The molecule has 0 fully saturated rings. The van der Waals surface area contributed by atoms with E-state index < -0.39 is 18.1 Å². The molecule has 0 bridgehead atoms. The molecule has 8 heteroatoms. The zero-order chi connectivity index (χ0) is 40.0. The minimum Gasteiger partial charge on any atom is -0.544 e. The summed E-state index contributed by atoms with van der Waals surface area (Å²) in [5, 5.41) is 11.6. The number of likely N-dealkylation sites (N-methyl/N-ethyl adjacent to an activating group) is 1. The lowest BCUT2D eigenvalue weighted by atomic mass is 10.1. The molecule has 0 heterocycles. The molecule has 0 aliphatic carbocycles. The van der Waals surface area contributed by atoms with Crippen LogP contribution in [0.5, 0.6) is 0 Å². The highest BCUT2D eigenvalue weighted by atomic mass is 16.6. The first-order valence-electron chi connectivity index (χ1n) is 22.4. The van der Waals surface area contributed by atoms with Gasteiger partial charge in [0.1, 0.15) is 12.6 Å². The Morgan fingerprint density at radius 3 is 1.46 bits per heavy atom. The van der Waals surface area contributed by atoms with Crippen molar-refractivity contribution in [3.63, 3.8) is 0 Å². The van der Waals surface area contributed by atoms with E-state index in [2.05, 4.69) is 38.2 Å². The summed E-state index contributed by atoms with van der Waals surface area (Å²) in [6, 6.07) is -0.723. The van der Waals surface area contributed by atoms with E-state index in [1.54, 1.807) is 21.1 Å². The first-order valence-corrected chi connectivity index (χ1v) is 22.4. The summed E-state index contributed by atoms with van der Waals surface area (Å²) >= 11 is 0. The van der Waals surface area contributed by atoms with Gasteiger partial charge in [-0.15, -0.1) is 0 Å². The topological polar surface area (TPSA) is 102 Å². The molecule has 0 amide bonds. The summed E-state index contributed by atoms with van der Waals surface area (Å²) in [4.78, 5) is 36.8. The highest BCUT2D eigenvalue weighted by molar-refractivity contribution is 5.70. The molecular formula is C46H85NO7. The van der Waals surface area contributed by atoms with E-state index in [1.165, 1.54) is 122 Å². The van der Waals surface area contributed by atoms with Gasteiger partial charge in [-0.2, -0.15) is 0 Å². The van der Waals surface area contributed by atoms with Gasteiger partial charge in [0, 0.05) is 19.3 Å². The first-order chi connectivity index (χ1) is 26.1. The number of carbonyl (C=O) groups is 3. The Bertz CT molecular complexity index is 942. The van der Waals surface area contributed by atoms with Gasteiger partial charge < -0.3 is 28.6 Å². The van der Waals surface area contributed by atoms with Crippen molar-refractivity contribution in [2.75, 3.05) is 41.0 Å². The molecule has 0 aliphatic rings. The largest absolute Gasteiger partial charge is 0.544 e. The molecule has 0 saturated heterocycles. The van der Waals surface area contributed by atoms with E-state index in [1.807, 2.05) is 0 Å². The minimum absolute atomic E-state index is 0.0429. The zero-order valence-corrected chi connectivity index (χ0v) is 35.9. The molecule has 8 nitrogen and oxygen atoms in total. The smallest absolute Gasteiger partial charge is 0.306 e. The Kier molecular flexibility index (Phi) is 36.2.